The molecule has 94 valence electrons. The third kappa shape index (κ3) is 3.34. The molecule has 1 unspecified atom stereocenters. The van der Waals surface area contributed by atoms with Gasteiger partial charge in [-0.15, -0.1) is 0 Å². The highest BCUT2D eigenvalue weighted by Crippen LogP contribution is 2.40. The molecule has 1 fully saturated rings. The summed E-state index contributed by atoms with van der Waals surface area (Å²) in [7, 11) is 0. The first-order valence-corrected chi connectivity index (χ1v) is 7.04. The predicted molar refractivity (Wildman–Crippen MR) is 75.9 cm³/mol. The van der Waals surface area contributed by atoms with Crippen LogP contribution in [0, 0.1) is 17.3 Å². The Labute approximate surface area is 106 Å². The lowest BCUT2D eigenvalue weighted by molar-refractivity contribution is 0.253. The first-order valence-electron chi connectivity index (χ1n) is 7.04. The number of allylic oxidation sites excluding steroid dienone is 5. The van der Waals surface area contributed by atoms with E-state index in [-0.39, 0.29) is 0 Å². The lowest BCUT2D eigenvalue weighted by Crippen LogP contribution is -2.21. The van der Waals surface area contributed by atoms with Gasteiger partial charge in [0.15, 0.2) is 0 Å². The molecule has 0 aromatic rings. The summed E-state index contributed by atoms with van der Waals surface area (Å²) in [4.78, 5) is 0. The molecule has 0 bridgehead atoms. The molecule has 0 aromatic heterocycles. The van der Waals surface area contributed by atoms with Gasteiger partial charge in [-0.2, -0.15) is 0 Å². The zero-order valence-corrected chi connectivity index (χ0v) is 11.6. The molecule has 0 aromatic carbocycles. The summed E-state index contributed by atoms with van der Waals surface area (Å²) in [6, 6.07) is 0. The van der Waals surface area contributed by atoms with Crippen LogP contribution in [0.5, 0.6) is 0 Å². The monoisotopic (exact) mass is 230 g/mol. The zero-order chi connectivity index (χ0) is 12.5. The molecule has 0 aliphatic heterocycles. The van der Waals surface area contributed by atoms with Crippen molar-refractivity contribution in [2.24, 2.45) is 17.3 Å². The van der Waals surface area contributed by atoms with Crippen molar-refractivity contribution in [2.45, 2.75) is 52.9 Å². The highest BCUT2D eigenvalue weighted by atomic mass is 14.3. The van der Waals surface area contributed by atoms with Gasteiger partial charge < -0.3 is 0 Å². The van der Waals surface area contributed by atoms with E-state index in [2.05, 4.69) is 45.6 Å². The van der Waals surface area contributed by atoms with Gasteiger partial charge in [0.2, 0.25) is 0 Å². The van der Waals surface area contributed by atoms with E-state index in [9.17, 15) is 0 Å². The first kappa shape index (κ1) is 12.7. The number of hydrogen-bond donors (Lipinski definition) is 0. The minimum Gasteiger partial charge on any atom is -0.0955 e. The van der Waals surface area contributed by atoms with E-state index in [0.717, 1.165) is 5.92 Å². The number of hydrogen-bond acceptors (Lipinski definition) is 0. The molecule has 0 saturated heterocycles. The third-order valence-corrected chi connectivity index (χ3v) is 4.65. The molecule has 17 heavy (non-hydrogen) atoms. The van der Waals surface area contributed by atoms with Gasteiger partial charge >= 0.3 is 0 Å². The van der Waals surface area contributed by atoms with Crippen molar-refractivity contribution in [3.05, 3.63) is 36.0 Å². The fourth-order valence-corrected chi connectivity index (χ4v) is 2.46. The van der Waals surface area contributed by atoms with Gasteiger partial charge in [-0.1, -0.05) is 51.2 Å². The van der Waals surface area contributed by atoms with Crippen LogP contribution in [0.15, 0.2) is 36.0 Å². The molecule has 0 N–H and O–H groups in total. The van der Waals surface area contributed by atoms with Crippen molar-refractivity contribution in [3.63, 3.8) is 0 Å². The molecular weight excluding hydrogens is 204 g/mol. The minimum absolute atomic E-state index is 0.413. The Morgan fingerprint density at radius 2 is 2.12 bits per heavy atom. The van der Waals surface area contributed by atoms with Gasteiger partial charge in [-0.25, -0.2) is 0 Å². The van der Waals surface area contributed by atoms with Crippen LogP contribution in [0.25, 0.3) is 0 Å². The van der Waals surface area contributed by atoms with E-state index in [4.69, 9.17) is 0 Å². The SMILES string of the molecule is C=C(CC1CC1)C1=CC=CC(C)C(C)(C)CC1. The highest BCUT2D eigenvalue weighted by Gasteiger charge is 2.27. The Hall–Kier alpha value is -0.780. The third-order valence-electron chi connectivity index (χ3n) is 4.65. The van der Waals surface area contributed by atoms with E-state index in [1.807, 2.05) is 0 Å². The normalized spacial score (nSPS) is 28.2. The average Bonchev–Trinajstić information content (AvgIpc) is 3.04. The maximum absolute atomic E-state index is 4.30. The van der Waals surface area contributed by atoms with E-state index < -0.39 is 0 Å². The van der Waals surface area contributed by atoms with Crippen molar-refractivity contribution < 1.29 is 0 Å². The fraction of sp³-hybridized carbons (Fsp3) is 0.647. The molecule has 2 aliphatic carbocycles. The molecule has 0 spiro atoms. The molecule has 0 heterocycles. The molecular formula is C17H26. The van der Waals surface area contributed by atoms with Crippen LogP contribution < -0.4 is 0 Å². The molecule has 0 heteroatoms. The minimum atomic E-state index is 0.413. The molecule has 2 aliphatic rings. The van der Waals surface area contributed by atoms with Crippen LogP contribution in [-0.4, -0.2) is 0 Å². The zero-order valence-electron chi connectivity index (χ0n) is 11.6. The lowest BCUT2D eigenvalue weighted by Gasteiger charge is -2.31. The van der Waals surface area contributed by atoms with Gasteiger partial charge in [0.25, 0.3) is 0 Å². The molecule has 0 nitrogen and oxygen atoms in total. The summed E-state index contributed by atoms with van der Waals surface area (Å²) in [6.45, 7) is 11.4. The smallest absolute Gasteiger partial charge is 0.0207 e. The van der Waals surface area contributed by atoms with Crippen molar-refractivity contribution in [3.8, 4) is 0 Å². The maximum Gasteiger partial charge on any atom is -0.0207 e. The van der Waals surface area contributed by atoms with E-state index >= 15 is 0 Å². The lowest BCUT2D eigenvalue weighted by atomic mass is 9.74. The second-order valence-corrected chi connectivity index (χ2v) is 6.61. The topological polar surface area (TPSA) is 0 Å². The summed E-state index contributed by atoms with van der Waals surface area (Å²) in [5, 5.41) is 0. The van der Waals surface area contributed by atoms with Crippen molar-refractivity contribution >= 4 is 0 Å². The molecule has 1 saturated carbocycles. The molecule has 0 radical (unpaired) electrons. The van der Waals surface area contributed by atoms with Crippen molar-refractivity contribution in [2.75, 3.05) is 0 Å². The molecule has 2 rings (SSSR count). The van der Waals surface area contributed by atoms with Crippen LogP contribution >= 0.6 is 0 Å². The van der Waals surface area contributed by atoms with Gasteiger partial charge in [-0.3, -0.25) is 0 Å². The van der Waals surface area contributed by atoms with E-state index in [1.165, 1.54) is 43.3 Å². The van der Waals surface area contributed by atoms with Crippen molar-refractivity contribution in [1.29, 1.82) is 0 Å². The van der Waals surface area contributed by atoms with Gasteiger partial charge in [0.05, 0.1) is 0 Å². The van der Waals surface area contributed by atoms with Crippen LogP contribution in [-0.2, 0) is 0 Å². The Morgan fingerprint density at radius 1 is 1.41 bits per heavy atom. The molecule has 1 atom stereocenters. The number of rotatable bonds is 3. The Kier molecular flexibility index (Phi) is 3.61. The Morgan fingerprint density at radius 3 is 2.76 bits per heavy atom. The average molecular weight is 230 g/mol. The molecule has 0 amide bonds. The summed E-state index contributed by atoms with van der Waals surface area (Å²) in [5.74, 6) is 1.61. The largest absolute Gasteiger partial charge is 0.0955 e. The van der Waals surface area contributed by atoms with Crippen LogP contribution in [0.2, 0.25) is 0 Å². The van der Waals surface area contributed by atoms with Crippen LogP contribution in [0.3, 0.4) is 0 Å². The van der Waals surface area contributed by atoms with Crippen LogP contribution in [0.4, 0.5) is 0 Å². The van der Waals surface area contributed by atoms with Crippen molar-refractivity contribution in [1.82, 2.24) is 0 Å². The fourth-order valence-electron chi connectivity index (χ4n) is 2.46. The summed E-state index contributed by atoms with van der Waals surface area (Å²) in [5.41, 5.74) is 3.30. The highest BCUT2D eigenvalue weighted by molar-refractivity contribution is 5.33. The standard InChI is InChI=1S/C17H26/c1-13(12-15-8-9-15)16-7-5-6-14(2)17(3,4)11-10-16/h5-7,14-15H,1,8-12H2,2-4H3. The Bertz CT molecular complexity index is 350. The summed E-state index contributed by atoms with van der Waals surface area (Å²) < 4.78 is 0. The Balaban J connectivity index is 2.04. The summed E-state index contributed by atoms with van der Waals surface area (Å²) >= 11 is 0. The van der Waals surface area contributed by atoms with Gasteiger partial charge in [0.1, 0.15) is 0 Å². The van der Waals surface area contributed by atoms with Gasteiger partial charge in [-0.05, 0) is 54.9 Å². The second-order valence-electron chi connectivity index (χ2n) is 6.61. The quantitative estimate of drug-likeness (QED) is 0.618. The van der Waals surface area contributed by atoms with Crippen LogP contribution in [0.1, 0.15) is 52.9 Å². The van der Waals surface area contributed by atoms with Gasteiger partial charge in [0, 0.05) is 0 Å². The second kappa shape index (κ2) is 4.84. The first-order chi connectivity index (χ1) is 7.99. The van der Waals surface area contributed by atoms with E-state index in [1.54, 1.807) is 0 Å². The maximum atomic E-state index is 4.30. The summed E-state index contributed by atoms with van der Waals surface area (Å²) in [6.07, 6.45) is 13.4. The predicted octanol–water partition coefficient (Wildman–Crippen LogP) is 5.28. The van der Waals surface area contributed by atoms with E-state index in [0.29, 0.717) is 11.3 Å².